The minimum absolute atomic E-state index is 0.0118. The smallest absolute Gasteiger partial charge is 0.313 e. The molecule has 0 unspecified atom stereocenters. The van der Waals surface area contributed by atoms with Crippen molar-refractivity contribution in [3.05, 3.63) is 51.0 Å². The first-order chi connectivity index (χ1) is 10.0. The van der Waals surface area contributed by atoms with E-state index in [1.165, 1.54) is 6.20 Å². The molecule has 6 heteroatoms. The maximum absolute atomic E-state index is 12.2. The van der Waals surface area contributed by atoms with Crippen molar-refractivity contribution < 1.29 is 9.53 Å². The Balaban J connectivity index is 2.32. The molecule has 0 bridgehead atoms. The van der Waals surface area contributed by atoms with Crippen LogP contribution in [0.25, 0.3) is 0 Å². The van der Waals surface area contributed by atoms with Gasteiger partial charge in [0.15, 0.2) is 0 Å². The molecule has 1 aromatic heterocycles. The summed E-state index contributed by atoms with van der Waals surface area (Å²) in [5.74, 6) is 0.793. The summed E-state index contributed by atoms with van der Waals surface area (Å²) in [6.45, 7) is 4.66. The number of halogens is 1. The van der Waals surface area contributed by atoms with Crippen LogP contribution in [0.3, 0.4) is 0 Å². The first-order valence-corrected chi connectivity index (χ1v) is 7.28. The zero-order chi connectivity index (χ0) is 15.4. The van der Waals surface area contributed by atoms with Crippen LogP contribution in [-0.4, -0.2) is 15.8 Å². The van der Waals surface area contributed by atoms with Gasteiger partial charge in [0.05, 0.1) is 4.47 Å². The van der Waals surface area contributed by atoms with Crippen LogP contribution in [0.5, 0.6) is 11.6 Å². The van der Waals surface area contributed by atoms with Gasteiger partial charge in [0.2, 0.25) is 0 Å². The largest absolute Gasteiger partial charge is 0.433 e. The van der Waals surface area contributed by atoms with Crippen molar-refractivity contribution >= 4 is 22.2 Å². The highest BCUT2D eigenvalue weighted by Crippen LogP contribution is 2.28. The lowest BCUT2D eigenvalue weighted by Crippen LogP contribution is -2.23. The molecule has 1 heterocycles. The molecule has 0 aliphatic carbocycles. The number of nitrogens with zero attached hydrogens (tertiary/aromatic N) is 2. The molecule has 0 radical (unpaired) electrons. The van der Waals surface area contributed by atoms with Crippen LogP contribution in [0.2, 0.25) is 0 Å². The van der Waals surface area contributed by atoms with E-state index in [1.54, 1.807) is 29.0 Å². The van der Waals surface area contributed by atoms with Crippen molar-refractivity contribution in [1.29, 1.82) is 0 Å². The molecule has 0 aliphatic heterocycles. The predicted molar refractivity (Wildman–Crippen MR) is 82.9 cm³/mol. The highest BCUT2D eigenvalue weighted by molar-refractivity contribution is 9.10. The van der Waals surface area contributed by atoms with Crippen molar-refractivity contribution in [3.8, 4) is 11.6 Å². The molecule has 0 amide bonds. The third-order valence-corrected chi connectivity index (χ3v) is 3.36. The number of aldehydes is 1. The van der Waals surface area contributed by atoms with Gasteiger partial charge in [-0.25, -0.2) is 4.98 Å². The summed E-state index contributed by atoms with van der Waals surface area (Å²) >= 11 is 3.31. The highest BCUT2D eigenvalue weighted by atomic mass is 79.9. The monoisotopic (exact) mass is 350 g/mol. The molecule has 2 rings (SSSR count). The Bertz CT molecular complexity index is 710. The fraction of sp³-hybridized carbons (Fsp3) is 0.267. The van der Waals surface area contributed by atoms with E-state index < -0.39 is 0 Å². The van der Waals surface area contributed by atoms with Crippen molar-refractivity contribution in [3.63, 3.8) is 0 Å². The molecule has 0 N–H and O–H groups in total. The number of rotatable bonds is 5. The second-order valence-electron chi connectivity index (χ2n) is 4.99. The van der Waals surface area contributed by atoms with Gasteiger partial charge in [0.25, 0.3) is 5.88 Å². The molecule has 0 atom stereocenters. The van der Waals surface area contributed by atoms with E-state index in [0.717, 1.165) is 6.29 Å². The Kier molecular flexibility index (Phi) is 4.90. The van der Waals surface area contributed by atoms with Gasteiger partial charge in [-0.3, -0.25) is 9.59 Å². The quantitative estimate of drug-likeness (QED) is 0.776. The van der Waals surface area contributed by atoms with E-state index in [1.807, 2.05) is 13.8 Å². The Labute approximate surface area is 130 Å². The van der Waals surface area contributed by atoms with Crippen LogP contribution >= 0.6 is 15.9 Å². The summed E-state index contributed by atoms with van der Waals surface area (Å²) < 4.78 is 7.71. The van der Waals surface area contributed by atoms with E-state index >= 15 is 0 Å². The Hall–Kier alpha value is -1.95. The number of hydrogen-bond donors (Lipinski definition) is 0. The molecule has 0 spiro atoms. The van der Waals surface area contributed by atoms with Gasteiger partial charge in [0.1, 0.15) is 12.0 Å². The maximum Gasteiger partial charge on any atom is 0.313 e. The summed E-state index contributed by atoms with van der Waals surface area (Å²) in [7, 11) is 0. The van der Waals surface area contributed by atoms with Crippen LogP contribution < -0.4 is 10.3 Å². The second-order valence-corrected chi connectivity index (χ2v) is 5.85. The molecule has 110 valence electrons. The highest BCUT2D eigenvalue weighted by Gasteiger charge is 2.11. The fourth-order valence-corrected chi connectivity index (χ4v) is 2.29. The Morgan fingerprint density at radius 1 is 1.43 bits per heavy atom. The topological polar surface area (TPSA) is 61.2 Å². The third-order valence-electron chi connectivity index (χ3n) is 2.74. The molecule has 5 nitrogen and oxygen atoms in total. The van der Waals surface area contributed by atoms with E-state index in [2.05, 4.69) is 20.9 Å². The van der Waals surface area contributed by atoms with Gasteiger partial charge in [-0.1, -0.05) is 13.8 Å². The molecule has 0 aliphatic rings. The number of hydrogen-bond acceptors (Lipinski definition) is 4. The molecular formula is C15H15BrN2O3. The summed E-state index contributed by atoms with van der Waals surface area (Å²) in [5, 5.41) is 0. The van der Waals surface area contributed by atoms with Gasteiger partial charge in [-0.15, -0.1) is 0 Å². The van der Waals surface area contributed by atoms with Crippen LogP contribution in [0.15, 0.2) is 39.9 Å². The standard InChI is InChI=1S/C15H15BrN2O3/c1-10(2)8-18-6-5-17-14(15(18)20)21-13-4-3-11(9-19)7-12(13)16/h3-7,9-10H,8H2,1-2H3. The van der Waals surface area contributed by atoms with E-state index in [-0.39, 0.29) is 11.4 Å². The van der Waals surface area contributed by atoms with E-state index in [4.69, 9.17) is 4.74 Å². The van der Waals surface area contributed by atoms with Crippen LogP contribution in [-0.2, 0) is 6.54 Å². The average Bonchev–Trinajstić information content (AvgIpc) is 2.44. The summed E-state index contributed by atoms with van der Waals surface area (Å²) in [6.07, 6.45) is 3.91. The van der Waals surface area contributed by atoms with Gasteiger partial charge >= 0.3 is 5.56 Å². The number of aromatic nitrogens is 2. The van der Waals surface area contributed by atoms with Crippen molar-refractivity contribution in [1.82, 2.24) is 9.55 Å². The Morgan fingerprint density at radius 3 is 2.81 bits per heavy atom. The molecule has 21 heavy (non-hydrogen) atoms. The number of carbonyl (C=O) groups excluding carboxylic acids is 1. The minimum Gasteiger partial charge on any atom is -0.433 e. The third kappa shape index (κ3) is 3.78. The van der Waals surface area contributed by atoms with E-state index in [0.29, 0.717) is 28.2 Å². The lowest BCUT2D eigenvalue weighted by atomic mass is 10.2. The summed E-state index contributed by atoms with van der Waals surface area (Å²) in [4.78, 5) is 26.9. The van der Waals surface area contributed by atoms with Gasteiger partial charge < -0.3 is 9.30 Å². The fourth-order valence-electron chi connectivity index (χ4n) is 1.81. The van der Waals surface area contributed by atoms with Crippen molar-refractivity contribution in [2.24, 2.45) is 5.92 Å². The van der Waals surface area contributed by atoms with Crippen molar-refractivity contribution in [2.45, 2.75) is 20.4 Å². The van der Waals surface area contributed by atoms with Gasteiger partial charge in [-0.05, 0) is 40.0 Å². The van der Waals surface area contributed by atoms with Crippen LogP contribution in [0, 0.1) is 5.92 Å². The van der Waals surface area contributed by atoms with Crippen molar-refractivity contribution in [2.75, 3.05) is 0 Å². The maximum atomic E-state index is 12.2. The van der Waals surface area contributed by atoms with E-state index in [9.17, 15) is 9.59 Å². The minimum atomic E-state index is -0.280. The SMILES string of the molecule is CC(C)Cn1ccnc(Oc2ccc(C=O)cc2Br)c1=O. The zero-order valence-corrected chi connectivity index (χ0v) is 13.3. The lowest BCUT2D eigenvalue weighted by molar-refractivity contribution is 0.112. The van der Waals surface area contributed by atoms with Crippen LogP contribution in [0.4, 0.5) is 0 Å². The Morgan fingerprint density at radius 2 is 2.19 bits per heavy atom. The second kappa shape index (κ2) is 6.67. The summed E-state index contributed by atoms with van der Waals surface area (Å²) in [6, 6.07) is 4.86. The summed E-state index contributed by atoms with van der Waals surface area (Å²) in [5.41, 5.74) is 0.241. The number of carbonyl (C=O) groups is 1. The molecular weight excluding hydrogens is 336 g/mol. The normalized spacial score (nSPS) is 10.7. The molecule has 0 fully saturated rings. The predicted octanol–water partition coefficient (Wildman–Crippen LogP) is 3.27. The first-order valence-electron chi connectivity index (χ1n) is 6.49. The lowest BCUT2D eigenvalue weighted by Gasteiger charge is -2.11. The molecule has 0 saturated carbocycles. The zero-order valence-electron chi connectivity index (χ0n) is 11.7. The van der Waals surface area contributed by atoms with Gasteiger partial charge in [-0.2, -0.15) is 0 Å². The van der Waals surface area contributed by atoms with Crippen LogP contribution in [0.1, 0.15) is 24.2 Å². The molecule has 2 aromatic rings. The molecule has 1 aromatic carbocycles. The molecule has 0 saturated heterocycles. The number of benzene rings is 1. The van der Waals surface area contributed by atoms with Gasteiger partial charge in [0, 0.05) is 24.5 Å². The number of ether oxygens (including phenoxy) is 1. The average molecular weight is 351 g/mol. The first kappa shape index (κ1) is 15.4.